The summed E-state index contributed by atoms with van der Waals surface area (Å²) in [5, 5.41) is 11.6. The van der Waals surface area contributed by atoms with Crippen molar-refractivity contribution in [1.82, 2.24) is 10.2 Å². The van der Waals surface area contributed by atoms with E-state index in [1.54, 1.807) is 24.3 Å². The summed E-state index contributed by atoms with van der Waals surface area (Å²) in [6, 6.07) is 7.09. The fourth-order valence-corrected chi connectivity index (χ4v) is 2.93. The Morgan fingerprint density at radius 2 is 2.00 bits per heavy atom. The molecule has 2 N–H and O–H groups in total. The molecule has 1 aromatic rings. The Hall–Kier alpha value is -2.02. The second-order valence-corrected chi connectivity index (χ2v) is 5.64. The molecule has 0 aliphatic carbocycles. The molecule has 21 heavy (non-hydrogen) atoms. The molecule has 0 saturated carbocycles. The zero-order chi connectivity index (χ0) is 15.2. The first-order valence-corrected chi connectivity index (χ1v) is 7.62. The van der Waals surface area contributed by atoms with Gasteiger partial charge in [0.05, 0.1) is 18.1 Å². The SMILES string of the molecule is O=C(O)Cc1ccccc1CNC(=O)CN1CSCC1=O. The Morgan fingerprint density at radius 3 is 2.62 bits per heavy atom. The average molecular weight is 308 g/mol. The van der Waals surface area contributed by atoms with E-state index in [4.69, 9.17) is 5.11 Å². The number of hydrogen-bond acceptors (Lipinski definition) is 4. The number of carboxylic acids is 1. The number of benzene rings is 1. The molecular weight excluding hydrogens is 292 g/mol. The lowest BCUT2D eigenvalue weighted by molar-refractivity contribution is -0.136. The van der Waals surface area contributed by atoms with Gasteiger partial charge in [-0.2, -0.15) is 0 Å². The third-order valence-corrected chi connectivity index (χ3v) is 4.04. The van der Waals surface area contributed by atoms with Crippen LogP contribution < -0.4 is 5.32 Å². The van der Waals surface area contributed by atoms with E-state index in [2.05, 4.69) is 5.32 Å². The largest absolute Gasteiger partial charge is 0.481 e. The molecule has 7 heteroatoms. The predicted molar refractivity (Wildman–Crippen MR) is 78.7 cm³/mol. The Morgan fingerprint density at radius 1 is 1.29 bits per heavy atom. The average Bonchev–Trinajstić information content (AvgIpc) is 2.83. The number of nitrogens with one attached hydrogen (secondary N) is 1. The Kier molecular flexibility index (Phi) is 5.21. The molecule has 0 spiro atoms. The number of carbonyl (C=O) groups is 3. The van der Waals surface area contributed by atoms with Gasteiger partial charge in [0, 0.05) is 6.54 Å². The quantitative estimate of drug-likeness (QED) is 0.797. The van der Waals surface area contributed by atoms with E-state index in [-0.39, 0.29) is 31.3 Å². The Bertz CT molecular complexity index is 562. The maximum Gasteiger partial charge on any atom is 0.307 e. The first kappa shape index (κ1) is 15.4. The minimum atomic E-state index is -0.909. The molecule has 0 bridgehead atoms. The molecule has 2 amide bonds. The molecule has 112 valence electrons. The smallest absolute Gasteiger partial charge is 0.307 e. The monoisotopic (exact) mass is 308 g/mol. The molecule has 0 atom stereocenters. The van der Waals surface area contributed by atoms with Crippen molar-refractivity contribution in [3.8, 4) is 0 Å². The van der Waals surface area contributed by atoms with Crippen LogP contribution in [0.15, 0.2) is 24.3 Å². The molecule has 6 nitrogen and oxygen atoms in total. The summed E-state index contributed by atoms with van der Waals surface area (Å²) in [6.45, 7) is 0.310. The Labute approximate surface area is 126 Å². The minimum Gasteiger partial charge on any atom is -0.481 e. The van der Waals surface area contributed by atoms with E-state index in [1.165, 1.54) is 16.7 Å². The fraction of sp³-hybridized carbons (Fsp3) is 0.357. The van der Waals surface area contributed by atoms with Crippen LogP contribution in [0, 0.1) is 0 Å². The van der Waals surface area contributed by atoms with Crippen molar-refractivity contribution in [3.63, 3.8) is 0 Å². The first-order valence-electron chi connectivity index (χ1n) is 6.47. The van der Waals surface area contributed by atoms with E-state index in [9.17, 15) is 14.4 Å². The van der Waals surface area contributed by atoms with Crippen LogP contribution in [0.3, 0.4) is 0 Å². The topological polar surface area (TPSA) is 86.7 Å². The highest BCUT2D eigenvalue weighted by molar-refractivity contribution is 8.00. The lowest BCUT2D eigenvalue weighted by Gasteiger charge is -2.15. The number of thioether (sulfide) groups is 1. The van der Waals surface area contributed by atoms with Gasteiger partial charge in [-0.25, -0.2) is 0 Å². The molecule has 1 aliphatic rings. The van der Waals surface area contributed by atoms with Crippen molar-refractivity contribution in [1.29, 1.82) is 0 Å². The van der Waals surface area contributed by atoms with Gasteiger partial charge in [0.1, 0.15) is 6.54 Å². The van der Waals surface area contributed by atoms with Gasteiger partial charge in [0.25, 0.3) is 0 Å². The van der Waals surface area contributed by atoms with Crippen molar-refractivity contribution in [2.45, 2.75) is 13.0 Å². The number of amides is 2. The van der Waals surface area contributed by atoms with Crippen LogP contribution in [0.25, 0.3) is 0 Å². The Balaban J connectivity index is 1.89. The van der Waals surface area contributed by atoms with Crippen LogP contribution in [-0.4, -0.2) is 46.0 Å². The normalized spacial score (nSPS) is 14.3. The number of aliphatic carboxylic acids is 1. The summed E-state index contributed by atoms with van der Waals surface area (Å²) in [7, 11) is 0. The molecule has 1 aromatic carbocycles. The summed E-state index contributed by atoms with van der Waals surface area (Å²) in [5.74, 6) is -0.206. The highest BCUT2D eigenvalue weighted by Gasteiger charge is 2.22. The molecule has 0 unspecified atom stereocenters. The van der Waals surface area contributed by atoms with E-state index < -0.39 is 5.97 Å². The summed E-state index contributed by atoms with van der Waals surface area (Å²) >= 11 is 1.49. The summed E-state index contributed by atoms with van der Waals surface area (Å²) < 4.78 is 0. The second-order valence-electron chi connectivity index (χ2n) is 4.69. The van der Waals surface area contributed by atoms with Gasteiger partial charge in [-0.15, -0.1) is 11.8 Å². The number of hydrogen-bond donors (Lipinski definition) is 2. The number of rotatable bonds is 6. The summed E-state index contributed by atoms with van der Waals surface area (Å²) in [4.78, 5) is 35.5. The maximum atomic E-state index is 11.8. The number of carboxylic acid groups (broad SMARTS) is 1. The highest BCUT2D eigenvalue weighted by atomic mass is 32.2. The van der Waals surface area contributed by atoms with Gasteiger partial charge < -0.3 is 15.3 Å². The molecule has 1 fully saturated rings. The second kappa shape index (κ2) is 7.12. The predicted octanol–water partition coefficient (Wildman–Crippen LogP) is 0.463. The van der Waals surface area contributed by atoms with E-state index in [0.717, 1.165) is 5.56 Å². The number of nitrogens with zero attached hydrogens (tertiary/aromatic N) is 1. The van der Waals surface area contributed by atoms with Crippen molar-refractivity contribution in [3.05, 3.63) is 35.4 Å². The van der Waals surface area contributed by atoms with Crippen LogP contribution in [0.5, 0.6) is 0 Å². The van der Waals surface area contributed by atoms with Gasteiger partial charge in [0.15, 0.2) is 0 Å². The lowest BCUT2D eigenvalue weighted by Crippen LogP contribution is -2.38. The molecule has 2 rings (SSSR count). The van der Waals surface area contributed by atoms with E-state index >= 15 is 0 Å². The van der Waals surface area contributed by atoms with Crippen LogP contribution in [0.4, 0.5) is 0 Å². The van der Waals surface area contributed by atoms with Crippen molar-refractivity contribution < 1.29 is 19.5 Å². The van der Waals surface area contributed by atoms with Crippen molar-refractivity contribution in [2.24, 2.45) is 0 Å². The molecule has 1 saturated heterocycles. The number of carbonyl (C=O) groups excluding carboxylic acids is 2. The summed E-state index contributed by atoms with van der Waals surface area (Å²) in [5.41, 5.74) is 1.45. The lowest BCUT2D eigenvalue weighted by atomic mass is 10.0. The standard InChI is InChI=1S/C14H16N2O4S/c17-12(7-16-9-21-8-13(16)18)15-6-11-4-2-1-3-10(11)5-14(19)20/h1-4H,5-9H2,(H,15,17)(H,19,20). The molecular formula is C14H16N2O4S. The van der Waals surface area contributed by atoms with Crippen LogP contribution >= 0.6 is 11.8 Å². The van der Waals surface area contributed by atoms with E-state index in [1.807, 2.05) is 0 Å². The van der Waals surface area contributed by atoms with Crippen molar-refractivity contribution >= 4 is 29.5 Å². The minimum absolute atomic E-state index is 0.0265. The summed E-state index contributed by atoms with van der Waals surface area (Å²) in [6.07, 6.45) is -0.0761. The van der Waals surface area contributed by atoms with Gasteiger partial charge in [-0.1, -0.05) is 24.3 Å². The van der Waals surface area contributed by atoms with Gasteiger partial charge in [0.2, 0.25) is 11.8 Å². The molecule has 1 heterocycles. The van der Waals surface area contributed by atoms with Gasteiger partial charge in [-0.05, 0) is 11.1 Å². The zero-order valence-corrected chi connectivity index (χ0v) is 12.2. The third kappa shape index (κ3) is 4.49. The maximum absolute atomic E-state index is 11.8. The van der Waals surface area contributed by atoms with Crippen LogP contribution in [0.1, 0.15) is 11.1 Å². The van der Waals surface area contributed by atoms with Gasteiger partial charge in [-0.3, -0.25) is 14.4 Å². The van der Waals surface area contributed by atoms with Crippen LogP contribution in [-0.2, 0) is 27.3 Å². The van der Waals surface area contributed by atoms with Crippen molar-refractivity contribution in [2.75, 3.05) is 18.2 Å². The van der Waals surface area contributed by atoms with E-state index in [0.29, 0.717) is 17.2 Å². The molecule has 0 aromatic heterocycles. The zero-order valence-electron chi connectivity index (χ0n) is 11.4. The molecule has 0 radical (unpaired) electrons. The fourth-order valence-electron chi connectivity index (χ4n) is 2.03. The first-order chi connectivity index (χ1) is 10.1. The highest BCUT2D eigenvalue weighted by Crippen LogP contribution is 2.14. The molecule has 1 aliphatic heterocycles. The third-order valence-electron chi connectivity index (χ3n) is 3.10. The van der Waals surface area contributed by atoms with Crippen LogP contribution in [0.2, 0.25) is 0 Å². The van der Waals surface area contributed by atoms with Gasteiger partial charge >= 0.3 is 5.97 Å².